The average Bonchev–Trinajstić information content (AvgIpc) is 3.06. The minimum atomic E-state index is -0.873. The van der Waals surface area contributed by atoms with Crippen LogP contribution in [0.15, 0.2) is 48.0 Å². The molecule has 0 bridgehead atoms. The highest BCUT2D eigenvalue weighted by molar-refractivity contribution is 6.46. The lowest BCUT2D eigenvalue weighted by Crippen LogP contribution is -2.32. The molecule has 0 radical (unpaired) electrons. The highest BCUT2D eigenvalue weighted by atomic mass is 16.5. The molecule has 1 atom stereocenters. The first kappa shape index (κ1) is 22.2. The van der Waals surface area contributed by atoms with Crippen LogP contribution in [0.5, 0.6) is 17.2 Å². The molecule has 2 aromatic rings. The van der Waals surface area contributed by atoms with Gasteiger partial charge in [-0.1, -0.05) is 12.1 Å². The van der Waals surface area contributed by atoms with Gasteiger partial charge in [0.15, 0.2) is 11.5 Å². The van der Waals surface area contributed by atoms with Crippen LogP contribution in [0.25, 0.3) is 5.76 Å². The zero-order valence-corrected chi connectivity index (χ0v) is 17.9. The number of benzene rings is 2. The monoisotopic (exact) mass is 427 g/mol. The van der Waals surface area contributed by atoms with Crippen molar-refractivity contribution in [1.82, 2.24) is 4.90 Å². The van der Waals surface area contributed by atoms with Gasteiger partial charge >= 0.3 is 0 Å². The van der Waals surface area contributed by atoms with Gasteiger partial charge in [0.05, 0.1) is 39.6 Å². The van der Waals surface area contributed by atoms with E-state index in [1.54, 1.807) is 42.5 Å². The van der Waals surface area contributed by atoms with E-state index in [2.05, 4.69) is 0 Å². The number of hydrogen-bond acceptors (Lipinski definition) is 7. The summed E-state index contributed by atoms with van der Waals surface area (Å²) in [5.74, 6) is -0.359. The van der Waals surface area contributed by atoms with Crippen molar-refractivity contribution in [2.45, 2.75) is 6.04 Å². The van der Waals surface area contributed by atoms with E-state index in [0.29, 0.717) is 28.4 Å². The topological polar surface area (TPSA) is 94.5 Å². The van der Waals surface area contributed by atoms with Crippen LogP contribution < -0.4 is 14.2 Å². The lowest BCUT2D eigenvalue weighted by molar-refractivity contribution is -0.140. The maximum Gasteiger partial charge on any atom is 0.295 e. The van der Waals surface area contributed by atoms with Gasteiger partial charge in [0.1, 0.15) is 11.5 Å². The van der Waals surface area contributed by atoms with Crippen LogP contribution >= 0.6 is 0 Å². The van der Waals surface area contributed by atoms with Crippen molar-refractivity contribution >= 4 is 17.4 Å². The zero-order valence-electron chi connectivity index (χ0n) is 17.9. The highest BCUT2D eigenvalue weighted by Gasteiger charge is 2.47. The van der Waals surface area contributed by atoms with Crippen molar-refractivity contribution in [2.75, 3.05) is 41.6 Å². The molecule has 0 aromatic heterocycles. The number of amides is 1. The Bertz CT molecular complexity index is 997. The smallest absolute Gasteiger partial charge is 0.295 e. The second kappa shape index (κ2) is 9.53. The number of Topliss-reactive ketones (excluding diaryl/α,β-unsaturated/α-hetero) is 1. The first-order valence-electron chi connectivity index (χ1n) is 9.61. The van der Waals surface area contributed by atoms with Gasteiger partial charge in [0.25, 0.3) is 11.7 Å². The van der Waals surface area contributed by atoms with Gasteiger partial charge < -0.3 is 29.0 Å². The van der Waals surface area contributed by atoms with E-state index in [0.717, 1.165) is 0 Å². The van der Waals surface area contributed by atoms with Crippen molar-refractivity contribution in [2.24, 2.45) is 0 Å². The first-order chi connectivity index (χ1) is 15.0. The van der Waals surface area contributed by atoms with Gasteiger partial charge in [-0.3, -0.25) is 9.59 Å². The number of nitrogens with zero attached hydrogens (tertiary/aromatic N) is 1. The van der Waals surface area contributed by atoms with E-state index in [9.17, 15) is 14.7 Å². The number of rotatable bonds is 8. The van der Waals surface area contributed by atoms with Crippen molar-refractivity contribution in [3.8, 4) is 17.2 Å². The molecule has 0 saturated carbocycles. The third-order valence-electron chi connectivity index (χ3n) is 5.17. The summed E-state index contributed by atoms with van der Waals surface area (Å²) < 4.78 is 21.2. The second-order valence-electron chi connectivity index (χ2n) is 6.80. The van der Waals surface area contributed by atoms with Crippen molar-refractivity contribution in [1.29, 1.82) is 0 Å². The molecule has 1 saturated heterocycles. The average molecular weight is 427 g/mol. The molecule has 8 heteroatoms. The normalized spacial score (nSPS) is 17.7. The summed E-state index contributed by atoms with van der Waals surface area (Å²) in [6.07, 6.45) is 0. The molecule has 1 aliphatic heterocycles. The molecule has 1 N–H and O–H groups in total. The van der Waals surface area contributed by atoms with Gasteiger partial charge in [-0.15, -0.1) is 0 Å². The third kappa shape index (κ3) is 4.06. The van der Waals surface area contributed by atoms with Gasteiger partial charge in [0.2, 0.25) is 0 Å². The van der Waals surface area contributed by atoms with E-state index >= 15 is 0 Å². The van der Waals surface area contributed by atoms with Crippen LogP contribution in [0.3, 0.4) is 0 Å². The molecule has 0 spiro atoms. The molecule has 1 aliphatic rings. The zero-order chi connectivity index (χ0) is 22.5. The van der Waals surface area contributed by atoms with Gasteiger partial charge in [0, 0.05) is 24.8 Å². The Balaban J connectivity index is 2.22. The highest BCUT2D eigenvalue weighted by Crippen LogP contribution is 2.45. The minimum absolute atomic E-state index is 0.0298. The van der Waals surface area contributed by atoms with Crippen LogP contribution in [-0.4, -0.2) is 63.3 Å². The number of aliphatic hydroxyl groups excluding tert-OH is 1. The lowest BCUT2D eigenvalue weighted by atomic mass is 9.94. The number of aliphatic hydroxyl groups is 1. The predicted molar refractivity (Wildman–Crippen MR) is 113 cm³/mol. The number of ketones is 1. The van der Waals surface area contributed by atoms with E-state index < -0.39 is 17.7 Å². The third-order valence-corrected chi connectivity index (χ3v) is 5.17. The minimum Gasteiger partial charge on any atom is -0.507 e. The Morgan fingerprint density at radius 3 is 2.26 bits per heavy atom. The molecule has 1 heterocycles. The van der Waals surface area contributed by atoms with E-state index in [-0.39, 0.29) is 24.5 Å². The number of ether oxygens (including phenoxy) is 4. The summed E-state index contributed by atoms with van der Waals surface area (Å²) in [5.41, 5.74) is 0.877. The van der Waals surface area contributed by atoms with Gasteiger partial charge in [-0.05, 0) is 30.3 Å². The summed E-state index contributed by atoms with van der Waals surface area (Å²) in [6, 6.07) is 10.9. The SMILES string of the molecule is COCCN1C(=O)C(=O)/C(=C(/O)c2ccc(OC)cc2)C1c1cccc(OC)c1OC. The molecule has 31 heavy (non-hydrogen) atoms. The standard InChI is InChI=1S/C23H25NO7/c1-28-13-12-24-19(16-6-5-7-17(30-3)22(16)31-4)18(21(26)23(24)27)20(25)14-8-10-15(29-2)11-9-14/h5-11,19,25H,12-13H2,1-4H3/b20-18+. The number of hydrogen-bond donors (Lipinski definition) is 1. The van der Waals surface area contributed by atoms with Crippen molar-refractivity contribution in [3.63, 3.8) is 0 Å². The molecule has 8 nitrogen and oxygen atoms in total. The largest absolute Gasteiger partial charge is 0.507 e. The fraction of sp³-hybridized carbons (Fsp3) is 0.304. The Kier molecular flexibility index (Phi) is 6.81. The molecular formula is C23H25NO7. The molecule has 0 aliphatic carbocycles. The van der Waals surface area contributed by atoms with E-state index in [1.807, 2.05) is 0 Å². The van der Waals surface area contributed by atoms with Crippen molar-refractivity contribution < 1.29 is 33.6 Å². The number of carbonyl (C=O) groups is 2. The maximum atomic E-state index is 13.0. The molecular weight excluding hydrogens is 402 g/mol. The van der Waals surface area contributed by atoms with E-state index in [1.165, 1.54) is 33.3 Å². The fourth-order valence-corrected chi connectivity index (χ4v) is 3.66. The van der Waals surface area contributed by atoms with Gasteiger partial charge in [-0.2, -0.15) is 0 Å². The first-order valence-corrected chi connectivity index (χ1v) is 9.61. The fourth-order valence-electron chi connectivity index (χ4n) is 3.66. The number of likely N-dealkylation sites (tertiary alicyclic amines) is 1. The molecule has 1 fully saturated rings. The predicted octanol–water partition coefficient (Wildman–Crippen LogP) is 2.78. The summed E-state index contributed by atoms with van der Waals surface area (Å²) in [7, 11) is 6.02. The summed E-state index contributed by atoms with van der Waals surface area (Å²) in [4.78, 5) is 27.3. The lowest BCUT2D eigenvalue weighted by Gasteiger charge is -2.27. The maximum absolute atomic E-state index is 13.0. The molecule has 164 valence electrons. The van der Waals surface area contributed by atoms with Gasteiger partial charge in [-0.25, -0.2) is 0 Å². The Morgan fingerprint density at radius 2 is 1.68 bits per heavy atom. The number of carbonyl (C=O) groups excluding carboxylic acids is 2. The molecule has 3 rings (SSSR count). The Labute approximate surface area is 180 Å². The quantitative estimate of drug-likeness (QED) is 0.393. The Hall–Kier alpha value is -3.52. The summed E-state index contributed by atoms with van der Waals surface area (Å²) >= 11 is 0. The van der Waals surface area contributed by atoms with Crippen LogP contribution in [0.4, 0.5) is 0 Å². The summed E-state index contributed by atoms with van der Waals surface area (Å²) in [5, 5.41) is 11.1. The van der Waals surface area contributed by atoms with Crippen LogP contribution in [0, 0.1) is 0 Å². The van der Waals surface area contributed by atoms with Crippen LogP contribution in [-0.2, 0) is 14.3 Å². The second-order valence-corrected chi connectivity index (χ2v) is 6.80. The summed E-state index contributed by atoms with van der Waals surface area (Å²) in [6.45, 7) is 0.379. The number of methoxy groups -OCH3 is 4. The van der Waals surface area contributed by atoms with Crippen LogP contribution in [0.1, 0.15) is 17.2 Å². The number of para-hydroxylation sites is 1. The molecule has 2 aromatic carbocycles. The van der Waals surface area contributed by atoms with E-state index in [4.69, 9.17) is 18.9 Å². The van der Waals surface area contributed by atoms with Crippen LogP contribution in [0.2, 0.25) is 0 Å². The molecule has 1 amide bonds. The Morgan fingerprint density at radius 1 is 0.968 bits per heavy atom. The van der Waals surface area contributed by atoms with Crippen molar-refractivity contribution in [3.05, 3.63) is 59.2 Å². The molecule has 1 unspecified atom stereocenters.